The van der Waals surface area contributed by atoms with E-state index >= 15 is 0 Å². The quantitative estimate of drug-likeness (QED) is 0.811. The molecule has 3 N–H and O–H groups in total. The maximum atomic E-state index is 12.0. The van der Waals surface area contributed by atoms with E-state index in [2.05, 4.69) is 5.32 Å². The van der Waals surface area contributed by atoms with Crippen molar-refractivity contribution < 1.29 is 9.00 Å². The molecule has 0 unspecified atom stereocenters. The fourth-order valence-electron chi connectivity index (χ4n) is 1.92. The van der Waals surface area contributed by atoms with Crippen LogP contribution in [-0.2, 0) is 10.8 Å². The van der Waals surface area contributed by atoms with Crippen molar-refractivity contribution in [3.63, 3.8) is 0 Å². The Morgan fingerprint density at radius 1 is 1.39 bits per heavy atom. The molecule has 4 nitrogen and oxygen atoms in total. The number of amides is 1. The number of rotatable bonds is 2. The van der Waals surface area contributed by atoms with Gasteiger partial charge >= 0.3 is 0 Å². The van der Waals surface area contributed by atoms with Gasteiger partial charge < -0.3 is 11.1 Å². The molecule has 98 valence electrons. The number of anilines is 1. The second-order valence-electron chi connectivity index (χ2n) is 4.34. The smallest absolute Gasteiger partial charge is 0.253 e. The number of nitrogens with two attached hydrogens (primary N) is 1. The topological polar surface area (TPSA) is 72.2 Å². The summed E-state index contributed by atoms with van der Waals surface area (Å²) >= 11 is 5.97. The van der Waals surface area contributed by atoms with Crippen molar-refractivity contribution in [3.05, 3.63) is 28.8 Å². The average Bonchev–Trinajstić information content (AvgIpc) is 2.35. The molecule has 1 aromatic rings. The van der Waals surface area contributed by atoms with Crippen molar-refractivity contribution in [3.8, 4) is 0 Å². The Hall–Kier alpha value is -1.07. The maximum Gasteiger partial charge on any atom is 0.253 e. The van der Waals surface area contributed by atoms with Crippen LogP contribution in [0.5, 0.6) is 0 Å². The highest BCUT2D eigenvalue weighted by Gasteiger charge is 2.21. The summed E-state index contributed by atoms with van der Waals surface area (Å²) in [4.78, 5) is 12.0. The predicted molar refractivity (Wildman–Crippen MR) is 74.2 cm³/mol. The molecule has 18 heavy (non-hydrogen) atoms. The first-order valence-electron chi connectivity index (χ1n) is 5.77. The van der Waals surface area contributed by atoms with E-state index in [1.807, 2.05) is 0 Å². The second-order valence-corrected chi connectivity index (χ2v) is 6.44. The number of carbonyl (C=O) groups is 1. The Bertz CT molecular complexity index is 483. The van der Waals surface area contributed by atoms with Crippen LogP contribution in [0.1, 0.15) is 23.2 Å². The fourth-order valence-corrected chi connectivity index (χ4v) is 3.42. The Kier molecular flexibility index (Phi) is 4.24. The van der Waals surface area contributed by atoms with Gasteiger partial charge in [-0.3, -0.25) is 9.00 Å². The molecule has 0 spiro atoms. The number of hydrogen-bond donors (Lipinski definition) is 2. The molecule has 0 bridgehead atoms. The van der Waals surface area contributed by atoms with Crippen molar-refractivity contribution in [1.29, 1.82) is 0 Å². The summed E-state index contributed by atoms with van der Waals surface area (Å²) in [5.41, 5.74) is 6.54. The van der Waals surface area contributed by atoms with Crippen molar-refractivity contribution in [1.82, 2.24) is 5.32 Å². The molecule has 1 aromatic carbocycles. The second kappa shape index (κ2) is 5.71. The van der Waals surface area contributed by atoms with Crippen LogP contribution in [0.3, 0.4) is 0 Å². The molecule has 1 fully saturated rings. The first kappa shape index (κ1) is 13.4. The number of nitrogens with one attached hydrogen (secondary N) is 1. The van der Waals surface area contributed by atoms with E-state index in [9.17, 15) is 9.00 Å². The summed E-state index contributed by atoms with van der Waals surface area (Å²) < 4.78 is 11.2. The molecular formula is C12H15ClN2O2S. The highest BCUT2D eigenvalue weighted by molar-refractivity contribution is 7.85. The van der Waals surface area contributed by atoms with Crippen molar-refractivity contribution in [2.75, 3.05) is 17.2 Å². The van der Waals surface area contributed by atoms with E-state index in [-0.39, 0.29) is 11.9 Å². The van der Waals surface area contributed by atoms with Crippen molar-refractivity contribution >= 4 is 34.0 Å². The molecule has 0 atom stereocenters. The molecular weight excluding hydrogens is 272 g/mol. The number of carbonyl (C=O) groups excluding carboxylic acids is 1. The van der Waals surface area contributed by atoms with E-state index in [0.717, 1.165) is 12.8 Å². The van der Waals surface area contributed by atoms with Crippen LogP contribution >= 0.6 is 11.6 Å². The molecule has 1 saturated heterocycles. The normalized spacial score (nSPS) is 23.6. The van der Waals surface area contributed by atoms with E-state index in [0.29, 0.717) is 27.8 Å². The molecule has 1 aliphatic heterocycles. The van der Waals surface area contributed by atoms with Crippen LogP contribution in [0, 0.1) is 0 Å². The van der Waals surface area contributed by atoms with Gasteiger partial charge in [-0.05, 0) is 31.0 Å². The minimum atomic E-state index is -0.726. The van der Waals surface area contributed by atoms with Crippen molar-refractivity contribution in [2.24, 2.45) is 0 Å². The Morgan fingerprint density at radius 2 is 2.06 bits per heavy atom. The van der Waals surface area contributed by atoms with Gasteiger partial charge in [0, 0.05) is 34.0 Å². The lowest BCUT2D eigenvalue weighted by Gasteiger charge is -2.22. The Morgan fingerprint density at radius 3 is 2.72 bits per heavy atom. The van der Waals surface area contributed by atoms with E-state index in [4.69, 9.17) is 17.3 Å². The van der Waals surface area contributed by atoms with Gasteiger partial charge in [0.25, 0.3) is 5.91 Å². The molecule has 1 amide bonds. The number of benzene rings is 1. The SMILES string of the molecule is Nc1ccc(Cl)c(C(=O)NC2CCS(=O)CC2)c1. The summed E-state index contributed by atoms with van der Waals surface area (Å²) in [5.74, 6) is 1.08. The summed E-state index contributed by atoms with van der Waals surface area (Å²) in [5, 5.41) is 3.30. The van der Waals surface area contributed by atoms with Crippen molar-refractivity contribution in [2.45, 2.75) is 18.9 Å². The van der Waals surface area contributed by atoms with Gasteiger partial charge in [0.2, 0.25) is 0 Å². The molecule has 0 aromatic heterocycles. The third-order valence-corrected chi connectivity index (χ3v) is 4.67. The lowest BCUT2D eigenvalue weighted by molar-refractivity contribution is 0.0935. The number of halogens is 1. The standard InChI is InChI=1S/C12H15ClN2O2S/c13-11-2-1-8(14)7-10(11)12(16)15-9-3-5-18(17)6-4-9/h1-2,7,9H,3-6,14H2,(H,15,16). The summed E-state index contributed by atoms with van der Waals surface area (Å²) in [6, 6.07) is 4.91. The third kappa shape index (κ3) is 3.23. The largest absolute Gasteiger partial charge is 0.399 e. The minimum Gasteiger partial charge on any atom is -0.399 e. The zero-order valence-electron chi connectivity index (χ0n) is 9.82. The highest BCUT2D eigenvalue weighted by atomic mass is 35.5. The number of nitrogen functional groups attached to an aromatic ring is 1. The summed E-state index contributed by atoms with van der Waals surface area (Å²) in [6.45, 7) is 0. The van der Waals surface area contributed by atoms with Gasteiger partial charge in [-0.15, -0.1) is 0 Å². The molecule has 0 radical (unpaired) electrons. The van der Waals surface area contributed by atoms with Gasteiger partial charge in [-0.25, -0.2) is 0 Å². The van der Waals surface area contributed by atoms with E-state index in [1.165, 1.54) is 0 Å². The van der Waals surface area contributed by atoms with Crippen LogP contribution in [0.15, 0.2) is 18.2 Å². The van der Waals surface area contributed by atoms with E-state index in [1.54, 1.807) is 18.2 Å². The first-order chi connectivity index (χ1) is 8.56. The third-order valence-electron chi connectivity index (χ3n) is 2.96. The van der Waals surface area contributed by atoms with Gasteiger partial charge in [0.05, 0.1) is 10.6 Å². The summed E-state index contributed by atoms with van der Waals surface area (Å²) in [7, 11) is -0.726. The Balaban J connectivity index is 2.03. The maximum absolute atomic E-state index is 12.0. The monoisotopic (exact) mass is 286 g/mol. The van der Waals surface area contributed by atoms with Gasteiger partial charge in [0.1, 0.15) is 0 Å². The van der Waals surface area contributed by atoms with E-state index < -0.39 is 10.8 Å². The lowest BCUT2D eigenvalue weighted by atomic mass is 10.1. The average molecular weight is 287 g/mol. The molecule has 1 aliphatic rings. The van der Waals surface area contributed by atoms with Crippen LogP contribution in [0.25, 0.3) is 0 Å². The molecule has 0 saturated carbocycles. The van der Waals surface area contributed by atoms with Crippen LogP contribution in [0.4, 0.5) is 5.69 Å². The van der Waals surface area contributed by atoms with Crippen LogP contribution < -0.4 is 11.1 Å². The molecule has 6 heteroatoms. The predicted octanol–water partition coefficient (Wildman–Crippen LogP) is 1.56. The van der Waals surface area contributed by atoms with Gasteiger partial charge in [-0.1, -0.05) is 11.6 Å². The summed E-state index contributed by atoms with van der Waals surface area (Å²) in [6.07, 6.45) is 1.50. The first-order valence-corrected chi connectivity index (χ1v) is 7.64. The minimum absolute atomic E-state index is 0.0766. The highest BCUT2D eigenvalue weighted by Crippen LogP contribution is 2.19. The zero-order chi connectivity index (χ0) is 13.1. The van der Waals surface area contributed by atoms with Gasteiger partial charge in [0.15, 0.2) is 0 Å². The number of hydrogen-bond acceptors (Lipinski definition) is 3. The van der Waals surface area contributed by atoms with Crippen LogP contribution in [0.2, 0.25) is 5.02 Å². The lowest BCUT2D eigenvalue weighted by Crippen LogP contribution is -2.39. The molecule has 0 aliphatic carbocycles. The molecule has 1 heterocycles. The zero-order valence-corrected chi connectivity index (χ0v) is 11.4. The fraction of sp³-hybridized carbons (Fsp3) is 0.417. The van der Waals surface area contributed by atoms with Crippen LogP contribution in [-0.4, -0.2) is 27.7 Å². The van der Waals surface area contributed by atoms with Gasteiger partial charge in [-0.2, -0.15) is 0 Å². The molecule has 2 rings (SSSR count). The Labute approximate surface area is 113 Å².